The lowest BCUT2D eigenvalue weighted by Gasteiger charge is -2.26. The number of cyclic esters (lactones) is 1. The maximum Gasteiger partial charge on any atom is 0.339 e. The maximum absolute atomic E-state index is 13.1. The van der Waals surface area contributed by atoms with Crippen LogP contribution in [0.5, 0.6) is 28.7 Å². The summed E-state index contributed by atoms with van der Waals surface area (Å²) in [5.74, 6) is 2.68. The lowest BCUT2D eigenvalue weighted by Crippen LogP contribution is -2.38. The fourth-order valence-corrected chi connectivity index (χ4v) is 5.03. The molecule has 1 saturated heterocycles. The van der Waals surface area contributed by atoms with Crippen LogP contribution in [0.15, 0.2) is 30.3 Å². The van der Waals surface area contributed by atoms with Gasteiger partial charge in [0, 0.05) is 36.1 Å². The monoisotopic (exact) mass is 493 g/mol. The molecule has 0 amide bonds. The summed E-state index contributed by atoms with van der Waals surface area (Å²) in [5.41, 5.74) is 2.78. The largest absolute Gasteiger partial charge is 0.493 e. The molecule has 3 aliphatic heterocycles. The van der Waals surface area contributed by atoms with Crippen molar-refractivity contribution < 1.29 is 38.0 Å². The Labute approximate surface area is 208 Å². The van der Waals surface area contributed by atoms with Crippen molar-refractivity contribution in [2.75, 3.05) is 60.5 Å². The van der Waals surface area contributed by atoms with Gasteiger partial charge in [-0.15, -0.1) is 0 Å². The minimum atomic E-state index is -0.382. The Bertz CT molecular complexity index is 1330. The SMILES string of the molecule is COc1cc2c(OCCN3CCOCC3)c3c(c(-c4ccc5c(c4)OCO5)c2cc1OC)C(=O)OC3. The van der Waals surface area contributed by atoms with Gasteiger partial charge in [-0.3, -0.25) is 4.90 Å². The lowest BCUT2D eigenvalue weighted by molar-refractivity contribution is 0.0322. The number of carbonyl (C=O) groups is 1. The number of ether oxygens (including phenoxy) is 7. The summed E-state index contributed by atoms with van der Waals surface area (Å²) >= 11 is 0. The Balaban J connectivity index is 1.52. The number of carbonyl (C=O) groups excluding carboxylic acids is 1. The molecule has 0 aliphatic carbocycles. The average molecular weight is 494 g/mol. The van der Waals surface area contributed by atoms with E-state index in [1.54, 1.807) is 14.2 Å². The van der Waals surface area contributed by atoms with Gasteiger partial charge in [0.15, 0.2) is 23.0 Å². The van der Waals surface area contributed by atoms with Crippen LogP contribution in [-0.4, -0.2) is 71.3 Å². The summed E-state index contributed by atoms with van der Waals surface area (Å²) < 4.78 is 39.7. The minimum absolute atomic E-state index is 0.142. The number of hydrogen-bond acceptors (Lipinski definition) is 9. The van der Waals surface area contributed by atoms with Gasteiger partial charge in [-0.1, -0.05) is 6.07 Å². The predicted molar refractivity (Wildman–Crippen MR) is 130 cm³/mol. The van der Waals surface area contributed by atoms with Crippen LogP contribution >= 0.6 is 0 Å². The maximum atomic E-state index is 13.1. The van der Waals surface area contributed by atoms with Crippen molar-refractivity contribution in [2.45, 2.75) is 6.61 Å². The zero-order valence-corrected chi connectivity index (χ0v) is 20.3. The van der Waals surface area contributed by atoms with Crippen molar-refractivity contribution in [3.05, 3.63) is 41.5 Å². The van der Waals surface area contributed by atoms with Crippen molar-refractivity contribution in [3.8, 4) is 39.9 Å². The number of esters is 1. The van der Waals surface area contributed by atoms with Gasteiger partial charge in [0.25, 0.3) is 0 Å². The van der Waals surface area contributed by atoms with Crippen LogP contribution in [0.1, 0.15) is 15.9 Å². The highest BCUT2D eigenvalue weighted by atomic mass is 16.7. The van der Waals surface area contributed by atoms with Crippen LogP contribution in [0.4, 0.5) is 0 Å². The standard InChI is InChI=1S/C27H27NO8/c1-30-21-12-17-18(13-22(21)31-2)26(33-10-7-28-5-8-32-9-6-28)19-14-34-27(29)25(19)24(17)16-3-4-20-23(11-16)36-15-35-20/h3-4,11-13H,5-10,14-15H2,1-2H3. The fourth-order valence-electron chi connectivity index (χ4n) is 5.03. The summed E-state index contributed by atoms with van der Waals surface area (Å²) in [6.07, 6.45) is 0. The molecule has 0 spiro atoms. The fraction of sp³-hybridized carbons (Fsp3) is 0.370. The Morgan fingerprint density at radius 1 is 0.889 bits per heavy atom. The van der Waals surface area contributed by atoms with Gasteiger partial charge >= 0.3 is 5.97 Å². The molecule has 3 aliphatic rings. The Hall–Kier alpha value is -3.69. The first-order valence-corrected chi connectivity index (χ1v) is 11.9. The third kappa shape index (κ3) is 3.84. The Morgan fingerprint density at radius 3 is 2.42 bits per heavy atom. The normalized spacial score (nSPS) is 16.7. The van der Waals surface area contributed by atoms with E-state index in [1.165, 1.54) is 0 Å². The molecule has 0 saturated carbocycles. The highest BCUT2D eigenvalue weighted by Crippen LogP contribution is 2.49. The van der Waals surface area contributed by atoms with Crippen LogP contribution in [0.3, 0.4) is 0 Å². The van der Waals surface area contributed by atoms with E-state index in [9.17, 15) is 4.79 Å². The third-order valence-corrected chi connectivity index (χ3v) is 6.83. The first-order valence-electron chi connectivity index (χ1n) is 11.9. The first kappa shape index (κ1) is 22.8. The number of morpholine rings is 1. The number of fused-ring (bicyclic) bond motifs is 3. The molecule has 9 nitrogen and oxygen atoms in total. The number of methoxy groups -OCH3 is 2. The zero-order chi connectivity index (χ0) is 24.6. The number of nitrogens with zero attached hydrogens (tertiary/aromatic N) is 1. The molecular weight excluding hydrogens is 466 g/mol. The Kier molecular flexibility index (Phi) is 5.94. The molecule has 0 aromatic heterocycles. The molecular formula is C27H27NO8. The Morgan fingerprint density at radius 2 is 1.64 bits per heavy atom. The molecule has 9 heteroatoms. The topological polar surface area (TPSA) is 84.9 Å². The first-order chi connectivity index (χ1) is 17.7. The lowest BCUT2D eigenvalue weighted by atomic mass is 9.89. The molecule has 0 unspecified atom stereocenters. The molecule has 3 aromatic carbocycles. The highest BCUT2D eigenvalue weighted by molar-refractivity contribution is 6.14. The van der Waals surface area contributed by atoms with Crippen molar-refractivity contribution in [2.24, 2.45) is 0 Å². The van der Waals surface area contributed by atoms with Gasteiger partial charge in [-0.2, -0.15) is 0 Å². The van der Waals surface area contributed by atoms with Crippen molar-refractivity contribution in [1.82, 2.24) is 4.90 Å². The van der Waals surface area contributed by atoms with Gasteiger partial charge in [0.05, 0.1) is 33.0 Å². The highest BCUT2D eigenvalue weighted by Gasteiger charge is 2.33. The summed E-state index contributed by atoms with van der Waals surface area (Å²) in [4.78, 5) is 15.4. The van der Waals surface area contributed by atoms with Gasteiger partial charge in [0.2, 0.25) is 6.79 Å². The van der Waals surface area contributed by atoms with E-state index >= 15 is 0 Å². The quantitative estimate of drug-likeness (QED) is 0.458. The summed E-state index contributed by atoms with van der Waals surface area (Å²) in [5, 5.41) is 1.62. The van der Waals surface area contributed by atoms with E-state index < -0.39 is 0 Å². The molecule has 36 heavy (non-hydrogen) atoms. The van der Waals surface area contributed by atoms with Crippen LogP contribution in [0, 0.1) is 0 Å². The molecule has 0 bridgehead atoms. The number of benzene rings is 3. The third-order valence-electron chi connectivity index (χ3n) is 6.83. The van der Waals surface area contributed by atoms with Crippen molar-refractivity contribution in [3.63, 3.8) is 0 Å². The average Bonchev–Trinajstić information content (AvgIpc) is 3.54. The smallest absolute Gasteiger partial charge is 0.339 e. The van der Waals surface area contributed by atoms with Gasteiger partial charge in [-0.05, 0) is 35.2 Å². The summed E-state index contributed by atoms with van der Waals surface area (Å²) in [7, 11) is 3.19. The van der Waals surface area contributed by atoms with E-state index in [0.29, 0.717) is 40.9 Å². The van der Waals surface area contributed by atoms with E-state index in [-0.39, 0.29) is 19.4 Å². The number of rotatable bonds is 7. The van der Waals surface area contributed by atoms with Crippen molar-refractivity contribution in [1.29, 1.82) is 0 Å². The van der Waals surface area contributed by atoms with E-state index in [2.05, 4.69) is 4.90 Å². The van der Waals surface area contributed by atoms with E-state index in [1.807, 2.05) is 30.3 Å². The van der Waals surface area contributed by atoms with Gasteiger partial charge in [-0.25, -0.2) is 4.79 Å². The van der Waals surface area contributed by atoms with Crippen LogP contribution < -0.4 is 23.7 Å². The van der Waals surface area contributed by atoms with Crippen LogP contribution in [-0.2, 0) is 16.1 Å². The molecule has 0 radical (unpaired) electrons. The van der Waals surface area contributed by atoms with E-state index in [4.69, 9.17) is 33.2 Å². The van der Waals surface area contributed by atoms with Crippen molar-refractivity contribution >= 4 is 16.7 Å². The van der Waals surface area contributed by atoms with E-state index in [0.717, 1.165) is 60.3 Å². The number of hydrogen-bond donors (Lipinski definition) is 0. The predicted octanol–water partition coefficient (Wildman–Crippen LogP) is 3.63. The molecule has 3 heterocycles. The second kappa shape index (κ2) is 9.40. The second-order valence-electron chi connectivity index (χ2n) is 8.76. The molecule has 0 N–H and O–H groups in total. The molecule has 188 valence electrons. The van der Waals surface area contributed by atoms with Gasteiger partial charge < -0.3 is 33.2 Å². The van der Waals surface area contributed by atoms with Crippen LogP contribution in [0.25, 0.3) is 21.9 Å². The molecule has 3 aromatic rings. The molecule has 0 atom stereocenters. The second-order valence-corrected chi connectivity index (χ2v) is 8.76. The zero-order valence-electron chi connectivity index (χ0n) is 20.3. The molecule has 1 fully saturated rings. The van der Waals surface area contributed by atoms with Gasteiger partial charge in [0.1, 0.15) is 19.0 Å². The molecule has 6 rings (SSSR count). The summed E-state index contributed by atoms with van der Waals surface area (Å²) in [6.45, 7) is 4.72. The summed E-state index contributed by atoms with van der Waals surface area (Å²) in [6, 6.07) is 9.44. The minimum Gasteiger partial charge on any atom is -0.493 e. The van der Waals surface area contributed by atoms with Crippen LogP contribution in [0.2, 0.25) is 0 Å².